The zero-order chi connectivity index (χ0) is 24.2. The molecule has 0 spiro atoms. The first-order valence-electron chi connectivity index (χ1n) is 11.5. The molecule has 33 heavy (non-hydrogen) atoms. The van der Waals surface area contributed by atoms with Gasteiger partial charge in [-0.15, -0.1) is 0 Å². The van der Waals surface area contributed by atoms with Crippen molar-refractivity contribution in [1.29, 1.82) is 0 Å². The van der Waals surface area contributed by atoms with Crippen LogP contribution in [0.15, 0.2) is 53.9 Å². The highest BCUT2D eigenvalue weighted by Gasteiger charge is 2.26. The number of carbonyl (C=O) groups is 3. The van der Waals surface area contributed by atoms with E-state index < -0.39 is 5.60 Å². The number of hydrogen-bond donors (Lipinski definition) is 0. The first-order chi connectivity index (χ1) is 15.6. The Kier molecular flexibility index (Phi) is 7.57. The van der Waals surface area contributed by atoms with Crippen molar-refractivity contribution < 1.29 is 19.1 Å². The van der Waals surface area contributed by atoms with Crippen LogP contribution in [0.3, 0.4) is 0 Å². The van der Waals surface area contributed by atoms with Gasteiger partial charge >= 0.3 is 6.09 Å². The van der Waals surface area contributed by atoms with Crippen LogP contribution in [0.2, 0.25) is 0 Å². The van der Waals surface area contributed by atoms with Gasteiger partial charge < -0.3 is 14.4 Å². The summed E-state index contributed by atoms with van der Waals surface area (Å²) in [5, 5.41) is 1.04. The molecule has 2 atom stereocenters. The summed E-state index contributed by atoms with van der Waals surface area (Å²) in [7, 11) is 0. The fraction of sp³-hybridized carbons (Fsp3) is 0.444. The van der Waals surface area contributed by atoms with Crippen LogP contribution in [0.1, 0.15) is 46.6 Å². The summed E-state index contributed by atoms with van der Waals surface area (Å²) in [5.41, 5.74) is 3.00. The number of rotatable bonds is 7. The topological polar surface area (TPSA) is 68.6 Å². The van der Waals surface area contributed by atoms with Gasteiger partial charge in [-0.2, -0.15) is 0 Å². The molecule has 3 rings (SSSR count). The number of para-hydroxylation sites is 1. The fourth-order valence-electron chi connectivity index (χ4n) is 4.30. The van der Waals surface area contributed by atoms with Gasteiger partial charge in [-0.3, -0.25) is 9.36 Å². The molecule has 2 unspecified atom stereocenters. The summed E-state index contributed by atoms with van der Waals surface area (Å²) in [6.07, 6.45) is 8.90. The van der Waals surface area contributed by atoms with Crippen molar-refractivity contribution in [2.45, 2.75) is 53.1 Å². The maximum absolute atomic E-state index is 12.8. The minimum atomic E-state index is -0.569. The molecular formula is C27H34N2O4. The normalized spacial score (nSPS) is 18.1. The number of aldehydes is 2. The Hall–Kier alpha value is -3.15. The maximum atomic E-state index is 12.8. The molecule has 0 aliphatic carbocycles. The summed E-state index contributed by atoms with van der Waals surface area (Å²) >= 11 is 0. The molecular weight excluding hydrogens is 416 g/mol. The van der Waals surface area contributed by atoms with Crippen LogP contribution in [0, 0.1) is 11.8 Å². The predicted octanol–water partition coefficient (Wildman–Crippen LogP) is 5.15. The van der Waals surface area contributed by atoms with Gasteiger partial charge in [0.2, 0.25) is 0 Å². The van der Waals surface area contributed by atoms with Gasteiger partial charge in [0.05, 0.1) is 5.52 Å². The molecule has 1 aliphatic rings. The Balaban J connectivity index is 1.84. The third-order valence-corrected chi connectivity index (χ3v) is 5.97. The van der Waals surface area contributed by atoms with E-state index >= 15 is 0 Å². The van der Waals surface area contributed by atoms with Crippen LogP contribution in [-0.2, 0) is 20.7 Å². The molecule has 1 aliphatic heterocycles. The van der Waals surface area contributed by atoms with E-state index in [2.05, 4.69) is 11.1 Å². The van der Waals surface area contributed by atoms with Crippen molar-refractivity contribution >= 4 is 29.6 Å². The molecule has 0 saturated heterocycles. The van der Waals surface area contributed by atoms with E-state index in [0.29, 0.717) is 5.57 Å². The van der Waals surface area contributed by atoms with Crippen LogP contribution in [-0.4, -0.2) is 46.8 Å². The zero-order valence-corrected chi connectivity index (χ0v) is 20.2. The fourth-order valence-corrected chi connectivity index (χ4v) is 4.30. The summed E-state index contributed by atoms with van der Waals surface area (Å²) in [4.78, 5) is 37.5. The SMILES string of the molecule is C/C(C=O)=C\C1=CN(CCc2cn(C(=O)OC(C)(C)C)c3ccccc23)CCC1C(C)C=O. The van der Waals surface area contributed by atoms with Crippen LogP contribution >= 0.6 is 0 Å². The summed E-state index contributed by atoms with van der Waals surface area (Å²) in [5.74, 6) is 0.0173. The van der Waals surface area contributed by atoms with Crippen LogP contribution in [0.25, 0.3) is 10.9 Å². The predicted molar refractivity (Wildman–Crippen MR) is 130 cm³/mol. The average Bonchev–Trinajstić information content (AvgIpc) is 3.15. The monoisotopic (exact) mass is 450 g/mol. The Labute approximate surface area is 195 Å². The van der Waals surface area contributed by atoms with Gasteiger partial charge in [-0.25, -0.2) is 4.79 Å². The van der Waals surface area contributed by atoms with Gasteiger partial charge in [-0.1, -0.05) is 31.2 Å². The minimum absolute atomic E-state index is 0.0964. The van der Waals surface area contributed by atoms with Gasteiger partial charge in [-0.05, 0) is 69.2 Å². The molecule has 2 heterocycles. The van der Waals surface area contributed by atoms with E-state index in [4.69, 9.17) is 4.74 Å². The van der Waals surface area contributed by atoms with Crippen molar-refractivity contribution in [2.75, 3.05) is 13.1 Å². The lowest BCUT2D eigenvalue weighted by Crippen LogP contribution is -2.31. The van der Waals surface area contributed by atoms with Crippen molar-refractivity contribution in [2.24, 2.45) is 11.8 Å². The van der Waals surface area contributed by atoms with Gasteiger partial charge in [0, 0.05) is 36.8 Å². The second-order valence-corrected chi connectivity index (χ2v) is 9.83. The highest BCUT2D eigenvalue weighted by atomic mass is 16.6. The molecule has 2 aromatic rings. The lowest BCUT2D eigenvalue weighted by atomic mass is 9.82. The highest BCUT2D eigenvalue weighted by Crippen LogP contribution is 2.30. The summed E-state index contributed by atoms with van der Waals surface area (Å²) in [6, 6.07) is 7.85. The number of fused-ring (bicyclic) bond motifs is 1. The van der Waals surface area contributed by atoms with Crippen LogP contribution in [0.4, 0.5) is 4.79 Å². The van der Waals surface area contributed by atoms with Gasteiger partial charge in [0.1, 0.15) is 18.2 Å². The molecule has 0 bridgehead atoms. The van der Waals surface area contributed by atoms with Crippen molar-refractivity contribution in [1.82, 2.24) is 9.47 Å². The first-order valence-corrected chi connectivity index (χ1v) is 11.5. The lowest BCUT2D eigenvalue weighted by Gasteiger charge is -2.33. The minimum Gasteiger partial charge on any atom is -0.443 e. The first kappa shape index (κ1) is 24.5. The molecule has 6 nitrogen and oxygen atoms in total. The van der Waals surface area contributed by atoms with E-state index in [0.717, 1.165) is 60.5 Å². The van der Waals surface area contributed by atoms with E-state index in [1.165, 1.54) is 0 Å². The molecule has 0 saturated carbocycles. The lowest BCUT2D eigenvalue weighted by molar-refractivity contribution is -0.111. The number of hydrogen-bond acceptors (Lipinski definition) is 5. The molecule has 1 aromatic heterocycles. The molecule has 0 amide bonds. The Morgan fingerprint density at radius 2 is 1.97 bits per heavy atom. The molecule has 0 N–H and O–H groups in total. The highest BCUT2D eigenvalue weighted by molar-refractivity contribution is 5.92. The summed E-state index contributed by atoms with van der Waals surface area (Å²) < 4.78 is 7.18. The zero-order valence-electron chi connectivity index (χ0n) is 20.2. The molecule has 0 radical (unpaired) electrons. The van der Waals surface area contributed by atoms with Crippen molar-refractivity contribution in [3.05, 3.63) is 59.4 Å². The van der Waals surface area contributed by atoms with E-state index in [-0.39, 0.29) is 17.9 Å². The third kappa shape index (κ3) is 6.01. The number of allylic oxidation sites excluding steroid dienone is 3. The second-order valence-electron chi connectivity index (χ2n) is 9.83. The number of benzene rings is 1. The van der Waals surface area contributed by atoms with Gasteiger partial charge in [0.15, 0.2) is 0 Å². The Bertz CT molecular complexity index is 1090. The number of carbonyl (C=O) groups excluding carboxylic acids is 3. The van der Waals surface area contributed by atoms with E-state index in [9.17, 15) is 14.4 Å². The Morgan fingerprint density at radius 3 is 2.64 bits per heavy atom. The largest absolute Gasteiger partial charge is 0.443 e. The number of ether oxygens (including phenoxy) is 1. The van der Waals surface area contributed by atoms with E-state index in [1.807, 2.05) is 64.2 Å². The quantitative estimate of drug-likeness (QED) is 0.431. The third-order valence-electron chi connectivity index (χ3n) is 5.97. The number of nitrogens with zero attached hydrogens (tertiary/aromatic N) is 2. The molecule has 0 fully saturated rings. The number of aromatic nitrogens is 1. The second kappa shape index (κ2) is 10.2. The van der Waals surface area contributed by atoms with Crippen molar-refractivity contribution in [3.63, 3.8) is 0 Å². The maximum Gasteiger partial charge on any atom is 0.419 e. The van der Waals surface area contributed by atoms with E-state index in [1.54, 1.807) is 11.5 Å². The van der Waals surface area contributed by atoms with Crippen molar-refractivity contribution in [3.8, 4) is 0 Å². The van der Waals surface area contributed by atoms with Crippen LogP contribution < -0.4 is 0 Å². The molecule has 6 heteroatoms. The summed E-state index contributed by atoms with van der Waals surface area (Å²) in [6.45, 7) is 10.9. The Morgan fingerprint density at radius 1 is 1.24 bits per heavy atom. The van der Waals surface area contributed by atoms with Crippen LogP contribution in [0.5, 0.6) is 0 Å². The molecule has 176 valence electrons. The standard InChI is InChI=1S/C27H34N2O4/c1-19(17-30)14-22-15-28(13-11-23(22)20(2)18-31)12-10-21-16-29(26(32)33-27(3,4)5)25-9-7-6-8-24(21)25/h6-9,14-18,20,23H,10-13H2,1-5H3/b19-14+. The smallest absolute Gasteiger partial charge is 0.419 e. The average molecular weight is 451 g/mol. The molecule has 1 aromatic carbocycles. The van der Waals surface area contributed by atoms with Gasteiger partial charge in [0.25, 0.3) is 0 Å².